The maximum Gasteiger partial charge on any atom is 0.187 e. The van der Waals surface area contributed by atoms with Gasteiger partial charge in [0, 0.05) is 18.3 Å². The lowest BCUT2D eigenvalue weighted by atomic mass is 9.44. The van der Waals surface area contributed by atoms with E-state index in [-0.39, 0.29) is 52.4 Å². The van der Waals surface area contributed by atoms with Crippen molar-refractivity contribution in [2.75, 3.05) is 39.6 Å². The first kappa shape index (κ1) is 65.3. The first-order chi connectivity index (χ1) is 40.3. The van der Waals surface area contributed by atoms with Gasteiger partial charge in [0.1, 0.15) is 116 Å². The van der Waals surface area contributed by atoms with E-state index in [1.165, 1.54) is 0 Å². The van der Waals surface area contributed by atoms with E-state index < -0.39 is 205 Å². The summed E-state index contributed by atoms with van der Waals surface area (Å²) in [5.41, 5.74) is -0.480. The molecule has 11 aliphatic rings. The second-order valence-corrected chi connectivity index (χ2v) is 26.9. The molecule has 0 bridgehead atoms. The highest BCUT2D eigenvalue weighted by Gasteiger charge is 2.73. The van der Waals surface area contributed by atoms with Crippen molar-refractivity contribution in [1.82, 2.24) is 0 Å². The van der Waals surface area contributed by atoms with Crippen LogP contribution in [0.2, 0.25) is 0 Å². The Labute approximate surface area is 491 Å². The molecule has 17 N–H and O–H groups in total. The Hall–Kier alpha value is -1.16. The van der Waals surface area contributed by atoms with Gasteiger partial charge in [-0.3, -0.25) is 0 Å². The van der Waals surface area contributed by atoms with Gasteiger partial charge in [-0.2, -0.15) is 0 Å². The van der Waals surface area contributed by atoms with Crippen LogP contribution in [0.5, 0.6) is 0 Å². The summed E-state index contributed by atoms with van der Waals surface area (Å²) in [6.07, 6.45) is -41.2. The molecule has 29 nitrogen and oxygen atoms in total. The number of aliphatic hydroxyl groups excluding tert-OH is 17. The van der Waals surface area contributed by atoms with Gasteiger partial charge in [-0.15, -0.1) is 0 Å². The second-order valence-electron chi connectivity index (χ2n) is 26.9. The third kappa shape index (κ3) is 11.3. The molecular formula is C56H92O29. The molecule has 0 aromatic carbocycles. The average Bonchev–Trinajstić information content (AvgIpc) is 1.63. The molecule has 4 saturated carbocycles. The van der Waals surface area contributed by atoms with Crippen LogP contribution in [0.1, 0.15) is 79.1 Å². The minimum Gasteiger partial charge on any atom is -0.394 e. The Morgan fingerprint density at radius 1 is 0.447 bits per heavy atom. The van der Waals surface area contributed by atoms with Crippen molar-refractivity contribution in [1.29, 1.82) is 0 Å². The van der Waals surface area contributed by atoms with Crippen molar-refractivity contribution >= 4 is 0 Å². The summed E-state index contributed by atoms with van der Waals surface area (Å²) in [7, 11) is 0. The van der Waals surface area contributed by atoms with Crippen molar-refractivity contribution < 1.29 is 144 Å². The SMILES string of the molecule is CC1CCC2(OC1)OC1C(O)C3C4CCC5CC(OC6OC(CO)C(OC7OC(CO)C(O)C(OC8OCC(O)C(O)C8OC8OC(CO)C(O)C(OC9OC(CO)C(O)C(O)C9O)C8O)C7O)C(O)C6O)C(O)CC5(C)C4CCC3(C)C1C2C. The van der Waals surface area contributed by atoms with Crippen LogP contribution < -0.4 is 0 Å². The highest BCUT2D eigenvalue weighted by Crippen LogP contribution is 2.71. The Bertz CT molecular complexity index is 2220. The van der Waals surface area contributed by atoms with E-state index >= 15 is 0 Å². The first-order valence-electron chi connectivity index (χ1n) is 30.5. The predicted molar refractivity (Wildman–Crippen MR) is 278 cm³/mol. The molecule has 1 spiro atoms. The van der Waals surface area contributed by atoms with Gasteiger partial charge in [0.05, 0.1) is 64.1 Å². The van der Waals surface area contributed by atoms with Crippen molar-refractivity contribution in [2.24, 2.45) is 52.3 Å². The Morgan fingerprint density at radius 3 is 1.59 bits per heavy atom. The van der Waals surface area contributed by atoms with Crippen LogP contribution in [0.4, 0.5) is 0 Å². The zero-order chi connectivity index (χ0) is 61.1. The maximum atomic E-state index is 12.3. The lowest BCUT2D eigenvalue weighted by Crippen LogP contribution is -2.67. The highest BCUT2D eigenvalue weighted by atomic mass is 16.8. The molecule has 11 fully saturated rings. The summed E-state index contributed by atoms with van der Waals surface area (Å²) in [4.78, 5) is 0. The lowest BCUT2D eigenvalue weighted by Gasteiger charge is -2.62. The largest absolute Gasteiger partial charge is 0.394 e. The number of hydrogen-bond acceptors (Lipinski definition) is 29. The topological polar surface area (TPSA) is 455 Å². The van der Waals surface area contributed by atoms with Gasteiger partial charge >= 0.3 is 0 Å². The fraction of sp³-hybridized carbons (Fsp3) is 1.00. The molecule has 490 valence electrons. The normalized spacial score (nSPS) is 58.1. The van der Waals surface area contributed by atoms with Gasteiger partial charge in [0.2, 0.25) is 0 Å². The smallest absolute Gasteiger partial charge is 0.187 e. The Kier molecular flexibility index (Phi) is 19.5. The summed E-state index contributed by atoms with van der Waals surface area (Å²) in [5, 5.41) is 187. The molecule has 7 saturated heterocycles. The predicted octanol–water partition coefficient (Wildman–Crippen LogP) is -6.50. The second kappa shape index (κ2) is 25.4. The van der Waals surface area contributed by atoms with E-state index in [0.717, 1.165) is 38.5 Å². The molecule has 0 amide bonds. The monoisotopic (exact) mass is 1230 g/mol. The number of rotatable bonds is 14. The maximum absolute atomic E-state index is 12.3. The first-order valence-corrected chi connectivity index (χ1v) is 30.5. The Balaban J connectivity index is 0.729. The van der Waals surface area contributed by atoms with Gasteiger partial charge in [0.15, 0.2) is 37.2 Å². The number of fused-ring (bicyclic) bond motifs is 7. The molecule has 7 aliphatic heterocycles. The van der Waals surface area contributed by atoms with Gasteiger partial charge < -0.3 is 144 Å². The van der Waals surface area contributed by atoms with E-state index in [4.69, 9.17) is 56.8 Å². The van der Waals surface area contributed by atoms with Crippen LogP contribution >= 0.6 is 0 Å². The minimum atomic E-state index is -2.13. The molecule has 7 heterocycles. The van der Waals surface area contributed by atoms with Crippen LogP contribution in [-0.4, -0.2) is 304 Å². The quantitative estimate of drug-likeness (QED) is 0.0719. The fourth-order valence-corrected chi connectivity index (χ4v) is 17.4. The van der Waals surface area contributed by atoms with Gasteiger partial charge in [-0.05, 0) is 85.4 Å². The molecule has 29 heteroatoms. The lowest BCUT2D eigenvalue weighted by molar-refractivity contribution is -0.396. The van der Waals surface area contributed by atoms with E-state index in [2.05, 4.69) is 27.7 Å². The fourth-order valence-electron chi connectivity index (χ4n) is 17.4. The summed E-state index contributed by atoms with van der Waals surface area (Å²) < 4.78 is 71.6. The molecule has 0 radical (unpaired) electrons. The Morgan fingerprint density at radius 2 is 0.988 bits per heavy atom. The van der Waals surface area contributed by atoms with Crippen LogP contribution in [-0.2, 0) is 56.8 Å². The van der Waals surface area contributed by atoms with Crippen LogP contribution in [0.15, 0.2) is 0 Å². The van der Waals surface area contributed by atoms with Crippen molar-refractivity contribution in [3.05, 3.63) is 0 Å². The summed E-state index contributed by atoms with van der Waals surface area (Å²) >= 11 is 0. The molecule has 38 atom stereocenters. The van der Waals surface area contributed by atoms with Crippen LogP contribution in [0.3, 0.4) is 0 Å². The zero-order valence-electron chi connectivity index (χ0n) is 48.1. The van der Waals surface area contributed by atoms with E-state index in [0.29, 0.717) is 25.4 Å². The van der Waals surface area contributed by atoms with Crippen molar-refractivity contribution in [2.45, 2.75) is 257 Å². The van der Waals surface area contributed by atoms with E-state index in [1.54, 1.807) is 0 Å². The molecule has 38 unspecified atom stereocenters. The van der Waals surface area contributed by atoms with Gasteiger partial charge in [0.25, 0.3) is 0 Å². The van der Waals surface area contributed by atoms with E-state index in [1.807, 2.05) is 0 Å². The van der Waals surface area contributed by atoms with Gasteiger partial charge in [-0.25, -0.2) is 0 Å². The van der Waals surface area contributed by atoms with Crippen LogP contribution in [0.25, 0.3) is 0 Å². The number of ether oxygens (including phenoxy) is 12. The number of aliphatic hydroxyl groups is 17. The number of hydrogen-bond donors (Lipinski definition) is 17. The third-order valence-electron chi connectivity index (χ3n) is 22.2. The van der Waals surface area contributed by atoms with E-state index in [9.17, 15) is 86.8 Å². The molecule has 4 aliphatic carbocycles. The summed E-state index contributed by atoms with van der Waals surface area (Å²) in [6.45, 7) is 5.39. The minimum absolute atomic E-state index is 0.0131. The molecular weight excluding hydrogens is 1140 g/mol. The third-order valence-corrected chi connectivity index (χ3v) is 22.2. The van der Waals surface area contributed by atoms with Crippen molar-refractivity contribution in [3.8, 4) is 0 Å². The van der Waals surface area contributed by atoms with Crippen molar-refractivity contribution in [3.63, 3.8) is 0 Å². The average molecular weight is 1230 g/mol. The molecule has 11 rings (SSSR count). The van der Waals surface area contributed by atoms with Crippen LogP contribution in [0, 0.1) is 52.3 Å². The zero-order valence-corrected chi connectivity index (χ0v) is 48.1. The molecule has 85 heavy (non-hydrogen) atoms. The summed E-state index contributed by atoms with van der Waals surface area (Å²) in [6, 6.07) is 0. The standard InChI is InChI=1S/C56H92O29/c1-19-7-10-56(75-17-19)20(2)31-45(85-56)37(67)32-22-6-5-21-11-26(24(61)12-55(21,4)23(22)8-9-54(31,32)3)76-49-41(71)39(69)44(30(16-60)80-49)81-51-43(73)47(36(66)29(15-59)78-51)83-53-48(33(63)25(62)18-74-53)84-52-42(72)46(35(65)28(14-58)79-52)82-50-40(70)38(68)34(64)27(13-57)77-50/h19-53,57-73H,5-18H2,1-4H3. The van der Waals surface area contributed by atoms with Gasteiger partial charge in [-0.1, -0.05) is 27.7 Å². The molecule has 0 aromatic rings. The molecule has 0 aromatic heterocycles. The highest BCUT2D eigenvalue weighted by molar-refractivity contribution is 5.19. The summed E-state index contributed by atoms with van der Waals surface area (Å²) in [5.74, 6) is 0.548.